The largest absolute Gasteiger partial charge is 0.495 e. The van der Waals surface area contributed by atoms with Gasteiger partial charge in [0, 0.05) is 44.5 Å². The quantitative estimate of drug-likeness (QED) is 0.490. The van der Waals surface area contributed by atoms with Gasteiger partial charge in [0.25, 0.3) is 5.91 Å². The minimum atomic E-state index is -4.30. The molecule has 1 unspecified atom stereocenters. The van der Waals surface area contributed by atoms with Gasteiger partial charge < -0.3 is 19.7 Å². The highest BCUT2D eigenvalue weighted by molar-refractivity contribution is 6.07. The second kappa shape index (κ2) is 9.64. The summed E-state index contributed by atoms with van der Waals surface area (Å²) in [7, 11) is 1.40. The van der Waals surface area contributed by atoms with Gasteiger partial charge in [-0.1, -0.05) is 6.92 Å². The van der Waals surface area contributed by atoms with E-state index in [4.69, 9.17) is 9.47 Å². The summed E-state index contributed by atoms with van der Waals surface area (Å²) in [4.78, 5) is 31.6. The number of amides is 1. The minimum Gasteiger partial charge on any atom is -0.495 e. The summed E-state index contributed by atoms with van der Waals surface area (Å²) in [5.41, 5.74) is 0.00767. The van der Waals surface area contributed by atoms with Crippen LogP contribution in [0.2, 0.25) is 0 Å². The van der Waals surface area contributed by atoms with Crippen molar-refractivity contribution in [2.45, 2.75) is 51.3 Å². The van der Waals surface area contributed by atoms with E-state index in [1.807, 2.05) is 0 Å². The second-order valence-corrected chi connectivity index (χ2v) is 8.35. The standard InChI is InChI=1S/C22H30F3N3O4/c1-4-28-11-7-21(8-12-28)18(14(2)20(30)32-21)19(29)27-10-9-26-16-13-15(22(23,24)25)5-6-17(16)31-3/h6,15H,4-5,7-13H2,1-3H3,(H,27,29). The number of nitrogens with one attached hydrogen (secondary N) is 1. The second-order valence-electron chi connectivity index (χ2n) is 8.35. The predicted molar refractivity (Wildman–Crippen MR) is 112 cm³/mol. The van der Waals surface area contributed by atoms with Crippen LogP contribution < -0.4 is 5.32 Å². The maximum absolute atomic E-state index is 13.1. The van der Waals surface area contributed by atoms with Gasteiger partial charge in [0.1, 0.15) is 11.4 Å². The van der Waals surface area contributed by atoms with Crippen LogP contribution in [-0.4, -0.2) is 74.1 Å². The van der Waals surface area contributed by atoms with Gasteiger partial charge >= 0.3 is 12.1 Å². The van der Waals surface area contributed by atoms with Crippen LogP contribution in [-0.2, 0) is 19.1 Å². The van der Waals surface area contributed by atoms with Gasteiger partial charge in [-0.3, -0.25) is 9.79 Å². The zero-order valence-electron chi connectivity index (χ0n) is 18.7. The molecule has 0 radical (unpaired) electrons. The van der Waals surface area contributed by atoms with Gasteiger partial charge in [-0.25, -0.2) is 4.79 Å². The third-order valence-electron chi connectivity index (χ3n) is 6.46. The maximum Gasteiger partial charge on any atom is 0.392 e. The number of aliphatic imine (C=N–C) groups is 1. The van der Waals surface area contributed by atoms with Crippen molar-refractivity contribution in [3.05, 3.63) is 23.0 Å². The van der Waals surface area contributed by atoms with Crippen molar-refractivity contribution in [3.63, 3.8) is 0 Å². The van der Waals surface area contributed by atoms with Crippen molar-refractivity contribution in [2.24, 2.45) is 10.9 Å². The number of hydrogen-bond donors (Lipinski definition) is 1. The molecule has 1 amide bonds. The molecule has 1 fully saturated rings. The minimum absolute atomic E-state index is 0.101. The molecule has 178 valence electrons. The molecule has 32 heavy (non-hydrogen) atoms. The highest BCUT2D eigenvalue weighted by Crippen LogP contribution is 2.41. The zero-order valence-corrected chi connectivity index (χ0v) is 18.7. The highest BCUT2D eigenvalue weighted by Gasteiger charge is 2.50. The molecule has 0 aromatic rings. The number of carbonyl (C=O) groups excluding carboxylic acids is 2. The smallest absolute Gasteiger partial charge is 0.392 e. The Hall–Kier alpha value is -2.36. The van der Waals surface area contributed by atoms with Crippen LogP contribution in [0.1, 0.15) is 39.5 Å². The van der Waals surface area contributed by atoms with Gasteiger partial charge in [0.15, 0.2) is 0 Å². The Kier molecular flexibility index (Phi) is 7.32. The first kappa shape index (κ1) is 24.3. The maximum atomic E-state index is 13.1. The SMILES string of the molecule is CCN1CCC2(CC1)OC(=O)C(C)=C2C(=O)NCCN=C1CC(C(F)(F)F)CC=C1OC. The van der Waals surface area contributed by atoms with Crippen LogP contribution in [0.4, 0.5) is 13.2 Å². The monoisotopic (exact) mass is 457 g/mol. The number of piperidine rings is 1. The zero-order chi connectivity index (χ0) is 23.5. The molecular formula is C22H30F3N3O4. The molecule has 1 spiro atoms. The molecule has 7 nitrogen and oxygen atoms in total. The molecule has 2 heterocycles. The number of alkyl halides is 3. The van der Waals surface area contributed by atoms with Crippen LogP contribution in [0.25, 0.3) is 0 Å². The first-order valence-corrected chi connectivity index (χ1v) is 10.9. The Labute approximate surface area is 185 Å². The molecule has 2 aliphatic heterocycles. The van der Waals surface area contributed by atoms with Crippen molar-refractivity contribution in [2.75, 3.05) is 39.8 Å². The molecule has 1 aliphatic carbocycles. The third-order valence-corrected chi connectivity index (χ3v) is 6.46. The van der Waals surface area contributed by atoms with Gasteiger partial charge in [-0.15, -0.1) is 0 Å². The molecule has 0 bridgehead atoms. The Balaban J connectivity index is 1.63. The third kappa shape index (κ3) is 5.00. The van der Waals surface area contributed by atoms with Crippen LogP contribution in [0.15, 0.2) is 28.0 Å². The van der Waals surface area contributed by atoms with E-state index in [9.17, 15) is 22.8 Å². The molecule has 1 N–H and O–H groups in total. The van der Waals surface area contributed by atoms with Crippen molar-refractivity contribution in [1.29, 1.82) is 0 Å². The molecule has 10 heteroatoms. The van der Waals surface area contributed by atoms with Crippen molar-refractivity contribution in [1.82, 2.24) is 10.2 Å². The number of rotatable bonds is 6. The normalized spacial score (nSPS) is 25.2. The number of halogens is 3. The summed E-state index contributed by atoms with van der Waals surface area (Å²) in [5, 5.41) is 2.75. The number of carbonyl (C=O) groups is 2. The summed E-state index contributed by atoms with van der Waals surface area (Å²) >= 11 is 0. The predicted octanol–water partition coefficient (Wildman–Crippen LogP) is 2.77. The van der Waals surface area contributed by atoms with Crippen LogP contribution in [0.5, 0.6) is 0 Å². The molecule has 0 saturated carbocycles. The number of allylic oxidation sites excluding steroid dienone is 2. The summed E-state index contributed by atoms with van der Waals surface area (Å²) < 4.78 is 50.0. The lowest BCUT2D eigenvalue weighted by atomic mass is 9.82. The molecule has 0 aromatic heterocycles. The lowest BCUT2D eigenvalue weighted by molar-refractivity contribution is -0.172. The van der Waals surface area contributed by atoms with Crippen molar-refractivity contribution < 1.29 is 32.2 Å². The van der Waals surface area contributed by atoms with Gasteiger partial charge in [-0.05, 0) is 26.0 Å². The summed E-state index contributed by atoms with van der Waals surface area (Å²) in [6.45, 7) is 6.22. The van der Waals surface area contributed by atoms with Crippen molar-refractivity contribution >= 4 is 17.6 Å². The van der Waals surface area contributed by atoms with Crippen LogP contribution in [0.3, 0.4) is 0 Å². The molecule has 0 aromatic carbocycles. The number of methoxy groups -OCH3 is 1. The highest BCUT2D eigenvalue weighted by atomic mass is 19.4. The van der Waals surface area contributed by atoms with E-state index in [0.717, 1.165) is 19.6 Å². The molecule has 3 aliphatic rings. The fourth-order valence-electron chi connectivity index (χ4n) is 4.53. The average Bonchev–Trinajstić information content (AvgIpc) is 3.00. The average molecular weight is 457 g/mol. The Bertz CT molecular complexity index is 840. The number of hydrogen-bond acceptors (Lipinski definition) is 6. The number of esters is 1. The Morgan fingerprint density at radius 3 is 2.66 bits per heavy atom. The van der Waals surface area contributed by atoms with E-state index in [1.54, 1.807) is 6.92 Å². The van der Waals surface area contributed by atoms with Gasteiger partial charge in [0.05, 0.1) is 30.9 Å². The lowest BCUT2D eigenvalue weighted by Gasteiger charge is -2.38. The molecule has 3 rings (SSSR count). The van der Waals surface area contributed by atoms with E-state index in [0.29, 0.717) is 29.7 Å². The number of nitrogens with zero attached hydrogens (tertiary/aromatic N) is 2. The summed E-state index contributed by atoms with van der Waals surface area (Å²) in [6, 6.07) is 0. The van der Waals surface area contributed by atoms with E-state index >= 15 is 0 Å². The van der Waals surface area contributed by atoms with E-state index < -0.39 is 29.6 Å². The lowest BCUT2D eigenvalue weighted by Crippen LogP contribution is -2.48. The summed E-state index contributed by atoms with van der Waals surface area (Å²) in [6.07, 6.45) is -2.18. The van der Waals surface area contributed by atoms with Crippen LogP contribution in [0, 0.1) is 5.92 Å². The molecule has 1 atom stereocenters. The van der Waals surface area contributed by atoms with Crippen LogP contribution >= 0.6 is 0 Å². The Morgan fingerprint density at radius 2 is 2.06 bits per heavy atom. The van der Waals surface area contributed by atoms with E-state index in [1.165, 1.54) is 13.2 Å². The van der Waals surface area contributed by atoms with E-state index in [-0.39, 0.29) is 31.6 Å². The first-order chi connectivity index (χ1) is 15.1. The fourth-order valence-corrected chi connectivity index (χ4v) is 4.53. The van der Waals surface area contributed by atoms with E-state index in [2.05, 4.69) is 22.1 Å². The Morgan fingerprint density at radius 1 is 1.38 bits per heavy atom. The number of likely N-dealkylation sites (tertiary alicyclic amines) is 1. The molecule has 1 saturated heterocycles. The first-order valence-electron chi connectivity index (χ1n) is 10.9. The molecular weight excluding hydrogens is 427 g/mol. The van der Waals surface area contributed by atoms with Gasteiger partial charge in [-0.2, -0.15) is 13.2 Å². The fraction of sp³-hybridized carbons (Fsp3) is 0.682. The topological polar surface area (TPSA) is 80.2 Å². The number of ether oxygens (including phenoxy) is 2. The van der Waals surface area contributed by atoms with Crippen molar-refractivity contribution in [3.8, 4) is 0 Å². The summed E-state index contributed by atoms with van der Waals surface area (Å²) in [5.74, 6) is -2.02. The van der Waals surface area contributed by atoms with Gasteiger partial charge in [0.2, 0.25) is 0 Å².